The predicted molar refractivity (Wildman–Crippen MR) is 196 cm³/mol. The summed E-state index contributed by atoms with van der Waals surface area (Å²) in [6, 6.07) is 30.5. The molecule has 6 rings (SSSR count). The van der Waals surface area contributed by atoms with E-state index in [2.05, 4.69) is 27.7 Å². The van der Waals surface area contributed by atoms with E-state index in [-0.39, 0.29) is 23.1 Å². The monoisotopic (exact) mass is 680 g/mol. The average Bonchev–Trinajstić information content (AvgIpc) is 3.14. The van der Waals surface area contributed by atoms with Gasteiger partial charge in [-0.1, -0.05) is 81.8 Å². The smallest absolute Gasteiger partial charge is 0.193 e. The van der Waals surface area contributed by atoms with Gasteiger partial charge in [0.15, 0.2) is 17.3 Å². The summed E-state index contributed by atoms with van der Waals surface area (Å²) in [6.07, 6.45) is 4.91. The maximum Gasteiger partial charge on any atom is 0.193 e. The number of allylic oxidation sites excluding steroid dienone is 4. The van der Waals surface area contributed by atoms with Crippen molar-refractivity contribution in [2.24, 2.45) is 0 Å². The Morgan fingerprint density at radius 1 is 0.529 bits per heavy atom. The highest BCUT2D eigenvalue weighted by Gasteiger charge is 2.34. The molecule has 1 N–H and O–H groups in total. The van der Waals surface area contributed by atoms with Crippen LogP contribution in [0.3, 0.4) is 0 Å². The third kappa shape index (κ3) is 7.13. The highest BCUT2D eigenvalue weighted by atomic mass is 19.1. The Labute approximate surface area is 296 Å². The van der Waals surface area contributed by atoms with E-state index in [0.29, 0.717) is 46.2 Å². The first-order valence-corrected chi connectivity index (χ1v) is 16.9. The normalized spacial score (nSPS) is 13.3. The third-order valence-electron chi connectivity index (χ3n) is 10.1. The number of Topliss-reactive ketones (excluding diaryl/α,β-unsaturated/α-hetero) is 1. The largest absolute Gasteiger partial charge is 0.508 e. The summed E-state index contributed by atoms with van der Waals surface area (Å²) in [5.74, 6) is -1.26. The van der Waals surface area contributed by atoms with Crippen molar-refractivity contribution in [2.75, 3.05) is 0 Å². The number of ketones is 3. The van der Waals surface area contributed by atoms with E-state index >= 15 is 0 Å². The van der Waals surface area contributed by atoms with Crippen LogP contribution in [-0.2, 0) is 10.8 Å². The molecule has 0 aromatic heterocycles. The standard InChI is InChI=1S/C45H38F2O4/c1-44(2,33-15-5-28(6-16-33)41(49)30-9-20-36(46)21-10-30)35-19-26-40(39(27-35)43(51)32-13-24-38(48)25-14-32)45(3,4)34-17-7-29(8-18-34)42(50)31-11-22-37(47)23-12-31/h5-7,9-17,19-27,48H,8,18H2,1-4H3. The number of phenols is 1. The molecule has 4 nitrogen and oxygen atoms in total. The number of hydrogen-bond donors (Lipinski definition) is 1. The molecular weight excluding hydrogens is 642 g/mol. The lowest BCUT2D eigenvalue weighted by Crippen LogP contribution is -2.27. The van der Waals surface area contributed by atoms with Gasteiger partial charge in [-0.15, -0.1) is 0 Å². The number of hydrogen-bond acceptors (Lipinski definition) is 4. The minimum Gasteiger partial charge on any atom is -0.508 e. The Kier molecular flexibility index (Phi) is 9.54. The number of carbonyl (C=O) groups is 3. The van der Waals surface area contributed by atoms with Gasteiger partial charge in [-0.05, 0) is 108 Å². The van der Waals surface area contributed by atoms with Gasteiger partial charge in [-0.25, -0.2) is 8.78 Å². The van der Waals surface area contributed by atoms with Crippen LogP contribution in [0, 0.1) is 11.6 Å². The van der Waals surface area contributed by atoms with Crippen LogP contribution in [-0.4, -0.2) is 22.5 Å². The predicted octanol–water partition coefficient (Wildman–Crippen LogP) is 10.3. The van der Waals surface area contributed by atoms with Crippen LogP contribution in [0.25, 0.3) is 0 Å². The SMILES string of the molecule is CC(C)(C1=CC=C(C(=O)c2ccc(F)cc2)CC1)c1ccc(C(C)(C)c2ccc(C(=O)c3ccc(F)cc3)cc2)cc1C(=O)c1ccc(O)cc1. The molecule has 5 aromatic rings. The van der Waals surface area contributed by atoms with E-state index in [9.17, 15) is 28.3 Å². The topological polar surface area (TPSA) is 71.4 Å². The molecule has 0 radical (unpaired) electrons. The van der Waals surface area contributed by atoms with Gasteiger partial charge < -0.3 is 5.11 Å². The maximum atomic E-state index is 14.3. The number of halogens is 2. The van der Waals surface area contributed by atoms with E-state index in [0.717, 1.165) is 22.3 Å². The number of benzene rings is 5. The van der Waals surface area contributed by atoms with Crippen molar-refractivity contribution in [1.29, 1.82) is 0 Å². The van der Waals surface area contributed by atoms with E-state index in [4.69, 9.17) is 0 Å². The van der Waals surface area contributed by atoms with Gasteiger partial charge >= 0.3 is 0 Å². The minimum absolute atomic E-state index is 0.0634. The maximum absolute atomic E-state index is 14.3. The first kappa shape index (κ1) is 35.1. The zero-order chi connectivity index (χ0) is 36.5. The molecule has 0 unspecified atom stereocenters. The van der Waals surface area contributed by atoms with Crippen molar-refractivity contribution in [3.8, 4) is 5.75 Å². The van der Waals surface area contributed by atoms with Gasteiger partial charge in [0.05, 0.1) is 0 Å². The van der Waals surface area contributed by atoms with Gasteiger partial charge in [0.25, 0.3) is 0 Å². The van der Waals surface area contributed by atoms with Crippen LogP contribution in [0.2, 0.25) is 0 Å². The fourth-order valence-electron chi connectivity index (χ4n) is 6.71. The van der Waals surface area contributed by atoms with E-state index in [1.165, 1.54) is 60.7 Å². The molecule has 0 saturated carbocycles. The first-order valence-electron chi connectivity index (χ1n) is 16.9. The molecular formula is C45H38F2O4. The zero-order valence-corrected chi connectivity index (χ0v) is 29.0. The van der Waals surface area contributed by atoms with Gasteiger partial charge in [-0.3, -0.25) is 14.4 Å². The summed E-state index contributed by atoms with van der Waals surface area (Å²) in [5, 5.41) is 9.91. The van der Waals surface area contributed by atoms with Gasteiger partial charge in [0, 0.05) is 44.2 Å². The first-order chi connectivity index (χ1) is 24.3. The molecule has 1 aliphatic rings. The molecule has 0 atom stereocenters. The molecule has 0 bridgehead atoms. The zero-order valence-electron chi connectivity index (χ0n) is 29.0. The molecule has 0 saturated heterocycles. The van der Waals surface area contributed by atoms with E-state index in [1.807, 2.05) is 42.5 Å². The number of aromatic hydroxyl groups is 1. The van der Waals surface area contributed by atoms with Crippen molar-refractivity contribution in [1.82, 2.24) is 0 Å². The fourth-order valence-corrected chi connectivity index (χ4v) is 6.71. The number of rotatable bonds is 10. The summed E-state index contributed by atoms with van der Waals surface area (Å²) < 4.78 is 26.9. The van der Waals surface area contributed by atoms with Crippen LogP contribution in [0.5, 0.6) is 5.75 Å². The van der Waals surface area contributed by atoms with E-state index < -0.39 is 22.5 Å². The Bertz CT molecular complexity index is 2190. The van der Waals surface area contributed by atoms with Gasteiger partial charge in [0.2, 0.25) is 0 Å². The van der Waals surface area contributed by atoms with E-state index in [1.54, 1.807) is 24.3 Å². The molecule has 0 heterocycles. The second-order valence-electron chi connectivity index (χ2n) is 14.0. The summed E-state index contributed by atoms with van der Waals surface area (Å²) in [7, 11) is 0. The van der Waals surface area contributed by atoms with Crippen molar-refractivity contribution in [3.05, 3.63) is 195 Å². The van der Waals surface area contributed by atoms with Crippen LogP contribution in [0.1, 0.15) is 99.4 Å². The molecule has 1 aliphatic carbocycles. The highest BCUT2D eigenvalue weighted by molar-refractivity contribution is 6.11. The second kappa shape index (κ2) is 13.9. The highest BCUT2D eigenvalue weighted by Crippen LogP contribution is 2.42. The Balaban J connectivity index is 1.35. The van der Waals surface area contributed by atoms with Crippen LogP contribution in [0.4, 0.5) is 8.78 Å². The summed E-state index contributed by atoms with van der Waals surface area (Å²) in [4.78, 5) is 40.4. The molecule has 0 aliphatic heterocycles. The lowest BCUT2D eigenvalue weighted by Gasteiger charge is -2.34. The Morgan fingerprint density at radius 2 is 1.00 bits per heavy atom. The summed E-state index contributed by atoms with van der Waals surface area (Å²) in [6.45, 7) is 8.27. The lowest BCUT2D eigenvalue weighted by molar-refractivity contribution is 0.102. The van der Waals surface area contributed by atoms with Crippen LogP contribution >= 0.6 is 0 Å². The fraction of sp³-hybridized carbons (Fsp3) is 0.178. The summed E-state index contributed by atoms with van der Waals surface area (Å²) in [5.41, 5.74) is 5.50. The molecule has 0 amide bonds. The summed E-state index contributed by atoms with van der Waals surface area (Å²) >= 11 is 0. The number of carbonyl (C=O) groups excluding carboxylic acids is 3. The molecule has 256 valence electrons. The molecule has 0 spiro atoms. The average molecular weight is 681 g/mol. The van der Waals surface area contributed by atoms with Crippen LogP contribution < -0.4 is 0 Å². The Hall–Kier alpha value is -5.75. The van der Waals surface area contributed by atoms with Crippen molar-refractivity contribution < 1.29 is 28.3 Å². The molecule has 6 heteroatoms. The molecule has 5 aromatic carbocycles. The Morgan fingerprint density at radius 3 is 1.53 bits per heavy atom. The number of phenolic OH excluding ortho intramolecular Hbond substituents is 1. The van der Waals surface area contributed by atoms with Crippen LogP contribution in [0.15, 0.2) is 139 Å². The third-order valence-corrected chi connectivity index (χ3v) is 10.1. The van der Waals surface area contributed by atoms with Gasteiger partial charge in [-0.2, -0.15) is 0 Å². The second-order valence-corrected chi connectivity index (χ2v) is 14.0. The van der Waals surface area contributed by atoms with Crippen molar-refractivity contribution in [3.63, 3.8) is 0 Å². The minimum atomic E-state index is -0.589. The quantitative estimate of drug-likeness (QED) is 0.149. The molecule has 0 fully saturated rings. The molecule has 51 heavy (non-hydrogen) atoms. The van der Waals surface area contributed by atoms with Gasteiger partial charge in [0.1, 0.15) is 17.4 Å². The van der Waals surface area contributed by atoms with Crippen molar-refractivity contribution in [2.45, 2.75) is 51.4 Å². The lowest BCUT2D eigenvalue weighted by atomic mass is 9.69. The van der Waals surface area contributed by atoms with Crippen molar-refractivity contribution >= 4 is 17.3 Å².